The van der Waals surface area contributed by atoms with Gasteiger partial charge in [0.05, 0.1) is 0 Å². The third-order valence-corrected chi connectivity index (χ3v) is 0. The SMILES string of the molecule is C=CC.CC.CC.CC.CCC.CCC.CCC. The lowest BCUT2D eigenvalue weighted by molar-refractivity contribution is 1.09. The molecule has 0 aliphatic rings. The normalized spacial score (nSPS) is 4.72. The summed E-state index contributed by atoms with van der Waals surface area (Å²) in [6.45, 7) is 30.0. The van der Waals surface area contributed by atoms with Crippen molar-refractivity contribution < 1.29 is 0 Å². The van der Waals surface area contributed by atoms with E-state index < -0.39 is 0 Å². The van der Waals surface area contributed by atoms with Gasteiger partial charge in [0, 0.05) is 0 Å². The van der Waals surface area contributed by atoms with Crippen molar-refractivity contribution in [1.29, 1.82) is 0 Å². The highest BCUT2D eigenvalue weighted by Gasteiger charge is 1.36. The summed E-state index contributed by atoms with van der Waals surface area (Å²) < 4.78 is 0. The van der Waals surface area contributed by atoms with Crippen LogP contribution >= 0.6 is 0 Å². The minimum absolute atomic E-state index is 1.25. The largest absolute Gasteiger partial charge is 0.103 e. The molecule has 0 unspecified atom stereocenters. The number of allylic oxidation sites excluding steroid dienone is 1. The fourth-order valence-electron chi connectivity index (χ4n) is 0. The lowest BCUT2D eigenvalue weighted by atomic mass is 10.6. The molecule has 0 nitrogen and oxygen atoms in total. The van der Waals surface area contributed by atoms with E-state index in [-0.39, 0.29) is 0 Å². The van der Waals surface area contributed by atoms with Gasteiger partial charge in [0.2, 0.25) is 0 Å². The van der Waals surface area contributed by atoms with Crippen molar-refractivity contribution in [3.8, 4) is 0 Å². The maximum Gasteiger partial charge on any atom is -0.0473 e. The fourth-order valence-corrected chi connectivity index (χ4v) is 0. The predicted octanol–water partition coefficient (Wildman–Crippen LogP) is 8.52. The zero-order valence-corrected chi connectivity index (χ0v) is 16.4. The van der Waals surface area contributed by atoms with Crippen molar-refractivity contribution in [2.45, 2.75) is 109 Å². The summed E-state index contributed by atoms with van der Waals surface area (Å²) in [6, 6.07) is 0. The number of hydrogen-bond donors (Lipinski definition) is 0. The van der Waals surface area contributed by atoms with Gasteiger partial charge in [-0.25, -0.2) is 0 Å². The van der Waals surface area contributed by atoms with Crippen LogP contribution in [-0.4, -0.2) is 0 Å². The molecule has 0 radical (unpaired) electrons. The van der Waals surface area contributed by atoms with Crippen LogP contribution in [0.5, 0.6) is 0 Å². The monoisotopic (exact) mass is 264 g/mol. The summed E-state index contributed by atoms with van der Waals surface area (Å²) in [5, 5.41) is 0. The summed E-state index contributed by atoms with van der Waals surface area (Å²) in [7, 11) is 0. The quantitative estimate of drug-likeness (QED) is 0.384. The predicted molar refractivity (Wildman–Crippen MR) is 97.8 cm³/mol. The molecule has 0 amide bonds. The first-order valence-electron chi connectivity index (χ1n) is 8.23. The highest BCUT2D eigenvalue weighted by Crippen LogP contribution is 1.56. The Morgan fingerprint density at radius 2 is 0.556 bits per heavy atom. The molecule has 120 valence electrons. The average Bonchev–Trinajstić information content (AvgIpc) is 2.40. The molecular formula is C18H48. The van der Waals surface area contributed by atoms with Gasteiger partial charge in [0.25, 0.3) is 0 Å². The molecule has 0 bridgehead atoms. The Hall–Kier alpha value is -0.260. The third-order valence-electron chi connectivity index (χ3n) is 0. The van der Waals surface area contributed by atoms with E-state index in [1.165, 1.54) is 19.3 Å². The Balaban J connectivity index is -0.0000000159. The van der Waals surface area contributed by atoms with Crippen LogP contribution in [0.2, 0.25) is 0 Å². The second-order valence-electron chi connectivity index (χ2n) is 2.53. The van der Waals surface area contributed by atoms with Crippen molar-refractivity contribution in [2.24, 2.45) is 0 Å². The molecule has 0 atom stereocenters. The first-order valence-corrected chi connectivity index (χ1v) is 8.23. The Labute approximate surface area is 122 Å². The van der Waals surface area contributed by atoms with E-state index >= 15 is 0 Å². The molecule has 0 heteroatoms. The first-order chi connectivity index (χ1) is 8.66. The zero-order chi connectivity index (χ0) is 16.8. The molecule has 0 spiro atoms. The van der Waals surface area contributed by atoms with Gasteiger partial charge in [-0.1, -0.05) is 108 Å². The molecular weight excluding hydrogens is 216 g/mol. The van der Waals surface area contributed by atoms with E-state index in [2.05, 4.69) is 48.1 Å². The molecule has 0 fully saturated rings. The Morgan fingerprint density at radius 1 is 0.556 bits per heavy atom. The summed E-state index contributed by atoms with van der Waals surface area (Å²) in [5.74, 6) is 0. The summed E-state index contributed by atoms with van der Waals surface area (Å²) in [5.41, 5.74) is 0. The van der Waals surface area contributed by atoms with Crippen molar-refractivity contribution in [3.05, 3.63) is 12.7 Å². The topological polar surface area (TPSA) is 0 Å². The molecule has 0 saturated heterocycles. The summed E-state index contributed by atoms with van der Waals surface area (Å²) in [6.07, 6.45) is 5.50. The summed E-state index contributed by atoms with van der Waals surface area (Å²) in [4.78, 5) is 0. The van der Waals surface area contributed by atoms with Crippen LogP contribution in [0.25, 0.3) is 0 Å². The molecule has 0 N–H and O–H groups in total. The molecule has 0 aromatic heterocycles. The smallest absolute Gasteiger partial charge is 0.0473 e. The van der Waals surface area contributed by atoms with Crippen LogP contribution in [-0.2, 0) is 0 Å². The minimum Gasteiger partial charge on any atom is -0.103 e. The molecule has 18 heavy (non-hydrogen) atoms. The minimum atomic E-state index is 1.25. The standard InChI is InChI=1S/3C3H8.C3H6.3C2H6/c4*1-3-2;3*1-2/h3*3H2,1-2H3;3H,1H2,2H3;3*1-2H3. The van der Waals surface area contributed by atoms with Gasteiger partial charge >= 0.3 is 0 Å². The van der Waals surface area contributed by atoms with Crippen LogP contribution in [0, 0.1) is 0 Å². The highest BCUT2D eigenvalue weighted by atomic mass is 13.4. The van der Waals surface area contributed by atoms with Crippen LogP contribution in [0.1, 0.15) is 109 Å². The molecule has 0 aromatic carbocycles. The Bertz CT molecular complexity index is 24.3. The van der Waals surface area contributed by atoms with E-state index in [4.69, 9.17) is 0 Å². The zero-order valence-electron chi connectivity index (χ0n) is 16.4. The van der Waals surface area contributed by atoms with Crippen molar-refractivity contribution in [1.82, 2.24) is 0 Å². The van der Waals surface area contributed by atoms with Crippen LogP contribution in [0.4, 0.5) is 0 Å². The molecule has 0 aliphatic carbocycles. The van der Waals surface area contributed by atoms with Crippen LogP contribution < -0.4 is 0 Å². The maximum absolute atomic E-state index is 3.36. The molecule has 0 aromatic rings. The van der Waals surface area contributed by atoms with Gasteiger partial charge in [-0.15, -0.1) is 6.58 Å². The van der Waals surface area contributed by atoms with Gasteiger partial charge in [-0.05, 0) is 6.92 Å². The van der Waals surface area contributed by atoms with E-state index in [1.54, 1.807) is 6.08 Å². The maximum atomic E-state index is 3.36. The fraction of sp³-hybridized carbons (Fsp3) is 0.889. The lowest BCUT2D eigenvalue weighted by Crippen LogP contribution is -1.27. The van der Waals surface area contributed by atoms with Crippen LogP contribution in [0.15, 0.2) is 12.7 Å². The van der Waals surface area contributed by atoms with Crippen LogP contribution in [0.3, 0.4) is 0 Å². The van der Waals surface area contributed by atoms with Crippen molar-refractivity contribution in [2.75, 3.05) is 0 Å². The van der Waals surface area contributed by atoms with Gasteiger partial charge < -0.3 is 0 Å². The van der Waals surface area contributed by atoms with Gasteiger partial charge in [0.1, 0.15) is 0 Å². The van der Waals surface area contributed by atoms with E-state index in [1.807, 2.05) is 48.5 Å². The lowest BCUT2D eigenvalue weighted by Gasteiger charge is -1.48. The van der Waals surface area contributed by atoms with E-state index in [0.29, 0.717) is 0 Å². The highest BCUT2D eigenvalue weighted by molar-refractivity contribution is 4.51. The second-order valence-corrected chi connectivity index (χ2v) is 2.53. The third kappa shape index (κ3) is 50600. The first kappa shape index (κ1) is 43.1. The van der Waals surface area contributed by atoms with Crippen molar-refractivity contribution in [3.63, 3.8) is 0 Å². The van der Waals surface area contributed by atoms with Crippen molar-refractivity contribution >= 4 is 0 Å². The summed E-state index contributed by atoms with van der Waals surface area (Å²) >= 11 is 0. The van der Waals surface area contributed by atoms with E-state index in [0.717, 1.165) is 0 Å². The second kappa shape index (κ2) is 296. The molecule has 0 aliphatic heterocycles. The molecule has 0 saturated carbocycles. The van der Waals surface area contributed by atoms with Gasteiger partial charge in [-0.2, -0.15) is 0 Å². The van der Waals surface area contributed by atoms with Gasteiger partial charge in [-0.3, -0.25) is 0 Å². The molecule has 0 rings (SSSR count). The Morgan fingerprint density at radius 3 is 0.556 bits per heavy atom. The Kier molecular flexibility index (Phi) is 710. The van der Waals surface area contributed by atoms with E-state index in [9.17, 15) is 0 Å². The average molecular weight is 265 g/mol. The number of hydrogen-bond acceptors (Lipinski definition) is 0. The molecule has 0 heterocycles. The van der Waals surface area contributed by atoms with Gasteiger partial charge in [0.15, 0.2) is 0 Å². The number of rotatable bonds is 0.